The number of aryl methyl sites for hydroxylation is 1. The van der Waals surface area contributed by atoms with Gasteiger partial charge in [-0.1, -0.05) is 0 Å². The van der Waals surface area contributed by atoms with Crippen LogP contribution in [0.15, 0.2) is 36.4 Å². The average molecular weight is 309 g/mol. The van der Waals surface area contributed by atoms with Crippen molar-refractivity contribution < 1.29 is 9.47 Å². The Kier molecular flexibility index (Phi) is 3.11. The molecule has 7 nitrogen and oxygen atoms in total. The fourth-order valence-corrected chi connectivity index (χ4v) is 2.50. The van der Waals surface area contributed by atoms with Gasteiger partial charge in [-0.3, -0.25) is 0 Å². The highest BCUT2D eigenvalue weighted by Crippen LogP contribution is 2.33. The Morgan fingerprint density at radius 2 is 1.83 bits per heavy atom. The van der Waals surface area contributed by atoms with Crippen LogP contribution in [0.2, 0.25) is 0 Å². The lowest BCUT2D eigenvalue weighted by Crippen LogP contribution is -2.15. The number of ether oxygens (including phenoxy) is 2. The molecule has 0 bridgehead atoms. The summed E-state index contributed by atoms with van der Waals surface area (Å²) >= 11 is 0. The molecule has 4 rings (SSSR count). The molecule has 3 heterocycles. The van der Waals surface area contributed by atoms with Gasteiger partial charge in [0, 0.05) is 11.6 Å². The van der Waals surface area contributed by atoms with Gasteiger partial charge in [0.1, 0.15) is 19.0 Å². The van der Waals surface area contributed by atoms with Crippen molar-refractivity contribution in [3.63, 3.8) is 0 Å². The van der Waals surface area contributed by atoms with Crippen molar-refractivity contribution in [2.24, 2.45) is 0 Å². The number of nitrogens with two attached hydrogens (primary N) is 1. The molecular weight excluding hydrogens is 294 g/mol. The van der Waals surface area contributed by atoms with Crippen LogP contribution in [-0.4, -0.2) is 33.2 Å². The molecule has 0 saturated heterocycles. The van der Waals surface area contributed by atoms with E-state index in [-0.39, 0.29) is 0 Å². The van der Waals surface area contributed by atoms with Gasteiger partial charge in [0.25, 0.3) is 0 Å². The molecule has 3 aromatic rings. The highest BCUT2D eigenvalue weighted by Gasteiger charge is 2.13. The minimum atomic E-state index is 0.531. The Labute approximate surface area is 132 Å². The molecule has 1 aliphatic rings. The van der Waals surface area contributed by atoms with E-state index in [2.05, 4.69) is 15.3 Å². The first kappa shape index (κ1) is 13.6. The van der Waals surface area contributed by atoms with Crippen LogP contribution in [0.25, 0.3) is 17.1 Å². The summed E-state index contributed by atoms with van der Waals surface area (Å²) in [5.41, 5.74) is 8.39. The number of anilines is 1. The summed E-state index contributed by atoms with van der Waals surface area (Å²) in [6.45, 7) is 3.01. The predicted molar refractivity (Wildman–Crippen MR) is 84.7 cm³/mol. The Hall–Kier alpha value is -3.09. The molecule has 0 unspecified atom stereocenters. The number of aromatic nitrogens is 4. The van der Waals surface area contributed by atoms with Gasteiger partial charge in [0.2, 0.25) is 0 Å². The second-order valence-corrected chi connectivity index (χ2v) is 5.26. The van der Waals surface area contributed by atoms with E-state index in [4.69, 9.17) is 15.2 Å². The number of fused-ring (bicyclic) bond motifs is 1. The summed E-state index contributed by atoms with van der Waals surface area (Å²) in [4.78, 5) is 0. The van der Waals surface area contributed by atoms with Crippen molar-refractivity contribution in [2.45, 2.75) is 6.92 Å². The van der Waals surface area contributed by atoms with Crippen LogP contribution in [0.3, 0.4) is 0 Å². The van der Waals surface area contributed by atoms with Gasteiger partial charge in [-0.15, -0.1) is 10.2 Å². The maximum Gasteiger partial charge on any atom is 0.178 e. The molecule has 116 valence electrons. The molecule has 0 spiro atoms. The van der Waals surface area contributed by atoms with Gasteiger partial charge in [-0.05, 0) is 37.3 Å². The molecule has 1 aliphatic heterocycles. The zero-order chi connectivity index (χ0) is 15.8. The second-order valence-electron chi connectivity index (χ2n) is 5.26. The fraction of sp³-hybridized carbons (Fsp3) is 0.188. The van der Waals surface area contributed by atoms with Crippen molar-refractivity contribution >= 4 is 5.82 Å². The van der Waals surface area contributed by atoms with E-state index >= 15 is 0 Å². The van der Waals surface area contributed by atoms with Gasteiger partial charge in [-0.25, -0.2) is 0 Å². The van der Waals surface area contributed by atoms with Gasteiger partial charge in [0.15, 0.2) is 17.3 Å². The summed E-state index contributed by atoms with van der Waals surface area (Å²) < 4.78 is 12.7. The molecule has 7 heteroatoms. The Morgan fingerprint density at radius 1 is 1.00 bits per heavy atom. The maximum atomic E-state index is 5.90. The summed E-state index contributed by atoms with van der Waals surface area (Å²) in [7, 11) is 0. The van der Waals surface area contributed by atoms with Crippen LogP contribution >= 0.6 is 0 Å². The monoisotopic (exact) mass is 309 g/mol. The normalized spacial score (nSPS) is 13.1. The molecule has 2 N–H and O–H groups in total. The quantitative estimate of drug-likeness (QED) is 0.779. The minimum absolute atomic E-state index is 0.531. The largest absolute Gasteiger partial charge is 0.486 e. The van der Waals surface area contributed by atoms with E-state index in [1.54, 1.807) is 10.7 Å². The SMILES string of the molecule is Cc1cc(N)n(-c2ccc(-c3ccc4c(c3)OCCO4)nn2)n1. The van der Waals surface area contributed by atoms with Gasteiger partial charge >= 0.3 is 0 Å². The van der Waals surface area contributed by atoms with E-state index in [0.29, 0.717) is 24.8 Å². The summed E-state index contributed by atoms with van der Waals surface area (Å²) in [5, 5.41) is 12.8. The first-order valence-electron chi connectivity index (χ1n) is 7.27. The molecule has 0 saturated carbocycles. The van der Waals surface area contributed by atoms with Crippen LogP contribution < -0.4 is 15.2 Å². The molecule has 1 aromatic carbocycles. The molecular formula is C16H15N5O2. The molecule has 23 heavy (non-hydrogen) atoms. The van der Waals surface area contributed by atoms with Crippen LogP contribution in [-0.2, 0) is 0 Å². The zero-order valence-corrected chi connectivity index (χ0v) is 12.6. The number of hydrogen-bond acceptors (Lipinski definition) is 6. The number of nitrogen functional groups attached to an aromatic ring is 1. The van der Waals surface area contributed by atoms with Crippen LogP contribution in [0.5, 0.6) is 11.5 Å². The van der Waals surface area contributed by atoms with Crippen LogP contribution in [0, 0.1) is 6.92 Å². The first-order valence-corrected chi connectivity index (χ1v) is 7.27. The summed E-state index contributed by atoms with van der Waals surface area (Å²) in [5.74, 6) is 2.59. The van der Waals surface area contributed by atoms with Crippen molar-refractivity contribution in [1.29, 1.82) is 0 Å². The number of benzene rings is 1. The molecule has 0 fully saturated rings. The van der Waals surface area contributed by atoms with Gasteiger partial charge in [-0.2, -0.15) is 9.78 Å². The third-order valence-electron chi connectivity index (χ3n) is 3.56. The zero-order valence-electron chi connectivity index (χ0n) is 12.6. The Morgan fingerprint density at radius 3 is 2.52 bits per heavy atom. The van der Waals surface area contributed by atoms with Crippen LogP contribution in [0.1, 0.15) is 5.69 Å². The third-order valence-corrected chi connectivity index (χ3v) is 3.56. The van der Waals surface area contributed by atoms with Gasteiger partial charge in [0.05, 0.1) is 11.4 Å². The van der Waals surface area contributed by atoms with Crippen molar-refractivity contribution in [2.75, 3.05) is 18.9 Å². The fourth-order valence-electron chi connectivity index (χ4n) is 2.50. The van der Waals surface area contributed by atoms with E-state index in [0.717, 1.165) is 28.5 Å². The molecule has 0 radical (unpaired) electrons. The summed E-state index contributed by atoms with van der Waals surface area (Å²) in [6, 6.07) is 11.2. The van der Waals surface area contributed by atoms with Crippen molar-refractivity contribution in [3.05, 3.63) is 42.1 Å². The topological polar surface area (TPSA) is 88.1 Å². The van der Waals surface area contributed by atoms with Gasteiger partial charge < -0.3 is 15.2 Å². The third kappa shape index (κ3) is 2.46. The van der Waals surface area contributed by atoms with E-state index in [1.807, 2.05) is 37.3 Å². The molecule has 0 atom stereocenters. The lowest BCUT2D eigenvalue weighted by molar-refractivity contribution is 0.171. The summed E-state index contributed by atoms with van der Waals surface area (Å²) in [6.07, 6.45) is 0. The molecule has 0 aliphatic carbocycles. The predicted octanol–water partition coefficient (Wildman–Crippen LogP) is 1.99. The van der Waals surface area contributed by atoms with E-state index < -0.39 is 0 Å². The lowest BCUT2D eigenvalue weighted by Gasteiger charge is -2.18. The lowest BCUT2D eigenvalue weighted by atomic mass is 10.1. The second kappa shape index (κ2) is 5.28. The number of rotatable bonds is 2. The minimum Gasteiger partial charge on any atom is -0.486 e. The van der Waals surface area contributed by atoms with E-state index in [1.165, 1.54) is 0 Å². The van der Waals surface area contributed by atoms with E-state index in [9.17, 15) is 0 Å². The van der Waals surface area contributed by atoms with Crippen molar-refractivity contribution in [3.8, 4) is 28.6 Å². The Bertz CT molecular complexity index is 857. The highest BCUT2D eigenvalue weighted by atomic mass is 16.6. The smallest absolute Gasteiger partial charge is 0.178 e. The standard InChI is InChI=1S/C16H15N5O2/c1-10-8-15(17)21(20-10)16-5-3-12(18-19-16)11-2-4-13-14(9-11)23-7-6-22-13/h2-5,8-9H,6-7,17H2,1H3. The van der Waals surface area contributed by atoms with Crippen LogP contribution in [0.4, 0.5) is 5.82 Å². The van der Waals surface area contributed by atoms with Crippen molar-refractivity contribution in [1.82, 2.24) is 20.0 Å². The number of nitrogens with zero attached hydrogens (tertiary/aromatic N) is 4. The number of hydrogen-bond donors (Lipinski definition) is 1. The maximum absolute atomic E-state index is 5.90. The molecule has 0 amide bonds. The first-order chi connectivity index (χ1) is 11.2. The average Bonchev–Trinajstić information content (AvgIpc) is 2.93. The molecule has 2 aromatic heterocycles. The Balaban J connectivity index is 1.67. The highest BCUT2D eigenvalue weighted by molar-refractivity contribution is 5.64.